The average Bonchev–Trinajstić information content (AvgIpc) is 2.46. The molecule has 2 aliphatic rings. The Morgan fingerprint density at radius 1 is 0.895 bits per heavy atom. The highest BCUT2D eigenvalue weighted by Gasteiger charge is 2.33. The molecule has 2 rings (SSSR count). The Morgan fingerprint density at radius 2 is 1.42 bits per heavy atom. The second-order valence-corrected chi connectivity index (χ2v) is 6.95. The summed E-state index contributed by atoms with van der Waals surface area (Å²) in [6.45, 7) is 10.1. The van der Waals surface area contributed by atoms with E-state index >= 15 is 0 Å². The third kappa shape index (κ3) is 4.19. The predicted octanol–water partition coefficient (Wildman–Crippen LogP) is 3.85. The van der Waals surface area contributed by atoms with Gasteiger partial charge in [0, 0.05) is 19.3 Å². The van der Waals surface area contributed by atoms with Gasteiger partial charge < -0.3 is 10.1 Å². The fraction of sp³-hybridized carbons (Fsp3) is 1.00. The summed E-state index contributed by atoms with van der Waals surface area (Å²) in [5, 5.41) is 3.81. The summed E-state index contributed by atoms with van der Waals surface area (Å²) in [7, 11) is 0. The molecule has 0 bridgehead atoms. The van der Waals surface area contributed by atoms with Crippen molar-refractivity contribution >= 4 is 0 Å². The highest BCUT2D eigenvalue weighted by atomic mass is 16.5. The minimum Gasteiger partial charge on any atom is -0.381 e. The van der Waals surface area contributed by atoms with E-state index in [9.17, 15) is 0 Å². The molecule has 1 atom stereocenters. The van der Waals surface area contributed by atoms with Gasteiger partial charge in [0.2, 0.25) is 0 Å². The van der Waals surface area contributed by atoms with E-state index in [1.807, 2.05) is 0 Å². The first-order chi connectivity index (χ1) is 9.22. The fourth-order valence-electron chi connectivity index (χ4n) is 4.20. The van der Waals surface area contributed by atoms with Gasteiger partial charge in [0.1, 0.15) is 0 Å². The molecule has 1 aliphatic carbocycles. The molecule has 0 aromatic heterocycles. The van der Waals surface area contributed by atoms with Crippen LogP contribution < -0.4 is 5.32 Å². The highest BCUT2D eigenvalue weighted by molar-refractivity contribution is 4.87. The van der Waals surface area contributed by atoms with Crippen molar-refractivity contribution < 1.29 is 4.74 Å². The molecule has 1 saturated carbocycles. The van der Waals surface area contributed by atoms with Crippen molar-refractivity contribution in [2.24, 2.45) is 23.7 Å². The Hall–Kier alpha value is -0.0800. The van der Waals surface area contributed by atoms with Crippen molar-refractivity contribution in [3.8, 4) is 0 Å². The second-order valence-electron chi connectivity index (χ2n) is 6.95. The van der Waals surface area contributed by atoms with E-state index in [2.05, 4.69) is 26.1 Å². The van der Waals surface area contributed by atoms with Gasteiger partial charge in [-0.15, -0.1) is 0 Å². The zero-order valence-corrected chi connectivity index (χ0v) is 13.2. The molecular weight excluding hydrogens is 234 g/mol. The molecule has 0 radical (unpaired) electrons. The average molecular weight is 267 g/mol. The topological polar surface area (TPSA) is 21.3 Å². The van der Waals surface area contributed by atoms with Gasteiger partial charge in [-0.2, -0.15) is 0 Å². The van der Waals surface area contributed by atoms with Crippen LogP contribution in [0.3, 0.4) is 0 Å². The molecule has 1 N–H and O–H groups in total. The largest absolute Gasteiger partial charge is 0.381 e. The molecule has 1 unspecified atom stereocenters. The van der Waals surface area contributed by atoms with Crippen molar-refractivity contribution in [1.29, 1.82) is 0 Å². The Morgan fingerprint density at radius 3 is 1.95 bits per heavy atom. The minimum atomic E-state index is 0.752. The zero-order chi connectivity index (χ0) is 13.7. The lowest BCUT2D eigenvalue weighted by Gasteiger charge is -2.40. The van der Waals surface area contributed by atoms with Crippen molar-refractivity contribution in [2.75, 3.05) is 19.8 Å². The molecule has 1 saturated heterocycles. The minimum absolute atomic E-state index is 0.752. The smallest absolute Gasteiger partial charge is 0.0469 e. The summed E-state index contributed by atoms with van der Waals surface area (Å²) in [5.74, 6) is 3.63. The molecule has 112 valence electrons. The van der Waals surface area contributed by atoms with Gasteiger partial charge in [0.25, 0.3) is 0 Å². The molecular formula is C17H33NO. The van der Waals surface area contributed by atoms with E-state index < -0.39 is 0 Å². The fourth-order valence-corrected chi connectivity index (χ4v) is 4.20. The highest BCUT2D eigenvalue weighted by Crippen LogP contribution is 2.37. The lowest BCUT2D eigenvalue weighted by molar-refractivity contribution is 0.0375. The molecule has 2 fully saturated rings. The van der Waals surface area contributed by atoms with E-state index in [1.54, 1.807) is 0 Å². The van der Waals surface area contributed by atoms with Gasteiger partial charge in [-0.25, -0.2) is 0 Å². The predicted molar refractivity (Wildman–Crippen MR) is 81.3 cm³/mol. The first kappa shape index (κ1) is 15.3. The number of ether oxygens (including phenoxy) is 1. The van der Waals surface area contributed by atoms with Crippen LogP contribution >= 0.6 is 0 Å². The summed E-state index contributed by atoms with van der Waals surface area (Å²) in [6.07, 6.45) is 8.32. The maximum absolute atomic E-state index is 5.54. The lowest BCUT2D eigenvalue weighted by Crippen LogP contribution is -2.45. The molecule has 1 aliphatic heterocycles. The van der Waals surface area contributed by atoms with Gasteiger partial charge in [0.05, 0.1) is 0 Å². The molecule has 1 heterocycles. The number of hydrogen-bond acceptors (Lipinski definition) is 2. The molecule has 0 spiro atoms. The van der Waals surface area contributed by atoms with E-state index in [-0.39, 0.29) is 0 Å². The number of nitrogens with one attached hydrogen (secondary N) is 1. The Bertz CT molecular complexity index is 240. The van der Waals surface area contributed by atoms with Crippen molar-refractivity contribution in [1.82, 2.24) is 5.32 Å². The Labute approximate surface area is 119 Å². The molecule has 0 aromatic rings. The quantitative estimate of drug-likeness (QED) is 0.817. The Kier molecular flexibility index (Phi) is 6.15. The van der Waals surface area contributed by atoms with Crippen LogP contribution in [0.1, 0.15) is 59.3 Å². The van der Waals surface area contributed by atoms with Gasteiger partial charge >= 0.3 is 0 Å². The van der Waals surface area contributed by atoms with Crippen molar-refractivity contribution in [3.63, 3.8) is 0 Å². The number of hydrogen-bond donors (Lipinski definition) is 1. The molecule has 2 heteroatoms. The van der Waals surface area contributed by atoms with Gasteiger partial charge in [-0.1, -0.05) is 20.8 Å². The SMILES string of the molecule is CCNC(C1CCOCC1)C1CCC(C(C)C)CC1. The first-order valence-electron chi connectivity index (χ1n) is 8.53. The van der Waals surface area contributed by atoms with E-state index in [0.29, 0.717) is 0 Å². The Balaban J connectivity index is 1.88. The van der Waals surface area contributed by atoms with Crippen molar-refractivity contribution in [3.05, 3.63) is 0 Å². The normalized spacial score (nSPS) is 31.6. The van der Waals surface area contributed by atoms with Gasteiger partial charge in [-0.3, -0.25) is 0 Å². The van der Waals surface area contributed by atoms with Crippen LogP contribution in [0.2, 0.25) is 0 Å². The third-order valence-corrected chi connectivity index (χ3v) is 5.48. The molecule has 0 amide bonds. The standard InChI is InChI=1S/C17H33NO/c1-4-18-17(16-9-11-19-12-10-16)15-7-5-14(6-8-15)13(2)3/h13-18H,4-12H2,1-3H3. The van der Waals surface area contributed by atoms with Crippen molar-refractivity contribution in [2.45, 2.75) is 65.3 Å². The maximum Gasteiger partial charge on any atom is 0.0469 e. The van der Waals surface area contributed by atoms with E-state index in [1.165, 1.54) is 38.5 Å². The maximum atomic E-state index is 5.54. The zero-order valence-electron chi connectivity index (χ0n) is 13.2. The van der Waals surface area contributed by atoms with E-state index in [4.69, 9.17) is 4.74 Å². The lowest BCUT2D eigenvalue weighted by atomic mass is 9.71. The first-order valence-corrected chi connectivity index (χ1v) is 8.53. The van der Waals surface area contributed by atoms with Crippen LogP contribution in [-0.2, 0) is 4.74 Å². The summed E-state index contributed by atoms with van der Waals surface area (Å²) in [6, 6.07) is 0.752. The molecule has 19 heavy (non-hydrogen) atoms. The summed E-state index contributed by atoms with van der Waals surface area (Å²) < 4.78 is 5.54. The van der Waals surface area contributed by atoms with Gasteiger partial charge in [0.15, 0.2) is 0 Å². The number of rotatable bonds is 5. The van der Waals surface area contributed by atoms with Crippen LogP contribution in [0, 0.1) is 23.7 Å². The van der Waals surface area contributed by atoms with E-state index in [0.717, 1.165) is 49.5 Å². The van der Waals surface area contributed by atoms with Crippen LogP contribution in [0.4, 0.5) is 0 Å². The molecule has 0 aromatic carbocycles. The molecule has 2 nitrogen and oxygen atoms in total. The van der Waals surface area contributed by atoms with Gasteiger partial charge in [-0.05, 0) is 68.7 Å². The van der Waals surface area contributed by atoms with Crippen LogP contribution in [0.25, 0.3) is 0 Å². The summed E-state index contributed by atoms with van der Waals surface area (Å²) in [5.41, 5.74) is 0. The van der Waals surface area contributed by atoms with Crippen LogP contribution in [0.15, 0.2) is 0 Å². The van der Waals surface area contributed by atoms with Crippen LogP contribution in [0.5, 0.6) is 0 Å². The second kappa shape index (κ2) is 7.64. The monoisotopic (exact) mass is 267 g/mol. The third-order valence-electron chi connectivity index (χ3n) is 5.48. The summed E-state index contributed by atoms with van der Waals surface area (Å²) in [4.78, 5) is 0. The van der Waals surface area contributed by atoms with Crippen LogP contribution in [-0.4, -0.2) is 25.8 Å². The summed E-state index contributed by atoms with van der Waals surface area (Å²) >= 11 is 0.